The highest BCUT2D eigenvalue weighted by atomic mass is 35.5. The Kier molecular flexibility index (Phi) is 4.91. The van der Waals surface area contributed by atoms with Crippen molar-refractivity contribution in [2.24, 2.45) is 7.05 Å². The van der Waals surface area contributed by atoms with Gasteiger partial charge in [0.1, 0.15) is 5.82 Å². The lowest BCUT2D eigenvalue weighted by molar-refractivity contribution is -0.128. The number of aromatic nitrogens is 5. The maximum atomic E-state index is 14.3. The zero-order chi connectivity index (χ0) is 23.5. The number of benzene rings is 1. The molecule has 5 rings (SSSR count). The number of anilines is 1. The van der Waals surface area contributed by atoms with Gasteiger partial charge in [0.25, 0.3) is 0 Å². The molecule has 0 spiro atoms. The number of hydrogen-bond acceptors (Lipinski definition) is 6. The van der Waals surface area contributed by atoms with E-state index in [2.05, 4.69) is 15.2 Å². The van der Waals surface area contributed by atoms with Gasteiger partial charge in [-0.25, -0.2) is 9.37 Å². The van der Waals surface area contributed by atoms with Gasteiger partial charge in [-0.1, -0.05) is 11.6 Å². The number of halogens is 2. The number of rotatable bonds is 1. The first-order chi connectivity index (χ1) is 15.7. The third-order valence-corrected chi connectivity index (χ3v) is 6.08. The van der Waals surface area contributed by atoms with E-state index < -0.39 is 11.6 Å². The molecule has 1 aromatic carbocycles. The predicted octanol–water partition coefficient (Wildman–Crippen LogP) is 3.89. The molecule has 1 aliphatic heterocycles. The molecule has 4 aromatic rings. The largest absolute Gasteiger partial charge is 0.455 e. The highest BCUT2D eigenvalue weighted by Gasteiger charge is 2.33. The molecule has 0 radical (unpaired) electrons. The number of nitrogens with two attached hydrogens (primary N) is 1. The van der Waals surface area contributed by atoms with Crippen molar-refractivity contribution in [1.82, 2.24) is 24.5 Å². The Hall–Kier alpha value is -3.43. The van der Waals surface area contributed by atoms with Gasteiger partial charge in [0, 0.05) is 67.1 Å². The Morgan fingerprint density at radius 1 is 1.30 bits per heavy atom. The minimum absolute atomic E-state index is 0.0859. The molecule has 0 saturated carbocycles. The van der Waals surface area contributed by atoms with Gasteiger partial charge in [-0.2, -0.15) is 10.2 Å². The van der Waals surface area contributed by atoms with Crippen molar-refractivity contribution in [2.75, 3.05) is 5.73 Å². The zero-order valence-corrected chi connectivity index (χ0v) is 19.1. The molecule has 1 aliphatic rings. The van der Waals surface area contributed by atoms with Crippen LogP contribution in [0.4, 0.5) is 10.2 Å². The molecule has 4 heterocycles. The maximum Gasteiger partial charge on any atom is 0.233 e. The summed E-state index contributed by atoms with van der Waals surface area (Å²) >= 11 is 6.59. The molecule has 10 heteroatoms. The fourth-order valence-electron chi connectivity index (χ4n) is 4.30. The van der Waals surface area contributed by atoms with Gasteiger partial charge in [0.2, 0.25) is 5.79 Å². The van der Waals surface area contributed by atoms with Crippen LogP contribution in [0.25, 0.3) is 22.5 Å². The maximum absolute atomic E-state index is 14.3. The smallest absolute Gasteiger partial charge is 0.233 e. The van der Waals surface area contributed by atoms with Gasteiger partial charge in [-0.3, -0.25) is 9.36 Å². The SMILES string of the molecule is CCn1nc(Cl)c2c1-c1cnc(N)c(c1)O[C@@](C)(O)c1cc(F)ccc1-c1nn(C)cc1C2. The van der Waals surface area contributed by atoms with Crippen LogP contribution in [-0.4, -0.2) is 29.7 Å². The normalized spacial score (nSPS) is 17.3. The standard InChI is InChI=1S/C23H22ClFN6O2/c1-4-31-20-12-8-18(22(26)27-10-12)33-23(2,32)17-9-14(25)5-6-15(17)19-13(11-30(3)28-19)7-16(20)21(24)29-31/h5-6,8-11,32H,4,7H2,1-3H3,(H2,26,27)/t23-/m1/s1. The number of pyridine rings is 1. The molecule has 0 fully saturated rings. The summed E-state index contributed by atoms with van der Waals surface area (Å²) in [4.78, 5) is 4.27. The Labute approximate surface area is 194 Å². The molecule has 3 N–H and O–H groups in total. The predicted molar refractivity (Wildman–Crippen MR) is 122 cm³/mol. The second kappa shape index (κ2) is 7.57. The van der Waals surface area contributed by atoms with Crippen LogP contribution in [0.15, 0.2) is 36.7 Å². The van der Waals surface area contributed by atoms with Crippen molar-refractivity contribution < 1.29 is 14.2 Å². The first-order valence-electron chi connectivity index (χ1n) is 10.4. The van der Waals surface area contributed by atoms with Crippen LogP contribution in [0, 0.1) is 5.82 Å². The van der Waals surface area contributed by atoms with E-state index in [4.69, 9.17) is 22.1 Å². The molecule has 0 aliphatic carbocycles. The lowest BCUT2D eigenvalue weighted by atomic mass is 9.93. The summed E-state index contributed by atoms with van der Waals surface area (Å²) < 4.78 is 23.7. The van der Waals surface area contributed by atoms with Crippen LogP contribution in [0.3, 0.4) is 0 Å². The Morgan fingerprint density at radius 3 is 2.85 bits per heavy atom. The summed E-state index contributed by atoms with van der Waals surface area (Å²) in [5, 5.41) is 20.8. The Balaban J connectivity index is 1.87. The van der Waals surface area contributed by atoms with Crippen LogP contribution >= 0.6 is 11.6 Å². The molecule has 8 nitrogen and oxygen atoms in total. The fourth-order valence-corrected chi connectivity index (χ4v) is 4.55. The van der Waals surface area contributed by atoms with Gasteiger partial charge in [-0.05, 0) is 31.2 Å². The lowest BCUT2D eigenvalue weighted by Gasteiger charge is -2.28. The first-order valence-corrected chi connectivity index (χ1v) is 10.8. The third kappa shape index (κ3) is 3.53. The number of aliphatic hydroxyl groups is 1. The highest BCUT2D eigenvalue weighted by molar-refractivity contribution is 6.30. The summed E-state index contributed by atoms with van der Waals surface area (Å²) in [5.74, 6) is -2.20. The molecular weight excluding hydrogens is 447 g/mol. The second-order valence-electron chi connectivity index (χ2n) is 8.17. The molecule has 0 amide bonds. The third-order valence-electron chi connectivity index (χ3n) is 5.77. The summed E-state index contributed by atoms with van der Waals surface area (Å²) in [6.07, 6.45) is 3.90. The van der Waals surface area contributed by atoms with Crippen LogP contribution in [0.5, 0.6) is 5.75 Å². The minimum Gasteiger partial charge on any atom is -0.455 e. The average molecular weight is 469 g/mol. The van der Waals surface area contributed by atoms with E-state index in [1.165, 1.54) is 19.1 Å². The molecule has 3 aromatic heterocycles. The molecule has 170 valence electrons. The van der Waals surface area contributed by atoms with E-state index >= 15 is 0 Å². The number of aryl methyl sites for hydroxylation is 2. The van der Waals surface area contributed by atoms with E-state index in [0.29, 0.717) is 34.9 Å². The van der Waals surface area contributed by atoms with Gasteiger partial charge in [-0.15, -0.1) is 0 Å². The lowest BCUT2D eigenvalue weighted by Crippen LogP contribution is -2.30. The molecule has 0 saturated heterocycles. The summed E-state index contributed by atoms with van der Waals surface area (Å²) in [5.41, 5.74) is 10.5. The average Bonchev–Trinajstić information content (AvgIpc) is 3.28. The summed E-state index contributed by atoms with van der Waals surface area (Å²) in [7, 11) is 1.80. The van der Waals surface area contributed by atoms with E-state index in [-0.39, 0.29) is 17.1 Å². The van der Waals surface area contributed by atoms with E-state index in [9.17, 15) is 9.50 Å². The molecule has 0 unspecified atom stereocenters. The van der Waals surface area contributed by atoms with E-state index in [0.717, 1.165) is 16.8 Å². The van der Waals surface area contributed by atoms with Crippen molar-refractivity contribution in [3.05, 3.63) is 64.3 Å². The van der Waals surface area contributed by atoms with E-state index in [1.807, 2.05) is 13.1 Å². The van der Waals surface area contributed by atoms with Gasteiger partial charge in [0.05, 0.1) is 11.4 Å². The second-order valence-corrected chi connectivity index (χ2v) is 8.53. The summed E-state index contributed by atoms with van der Waals surface area (Å²) in [6, 6.07) is 5.82. The topological polar surface area (TPSA) is 104 Å². The summed E-state index contributed by atoms with van der Waals surface area (Å²) in [6.45, 7) is 3.98. The number of fused-ring (bicyclic) bond motifs is 7. The van der Waals surface area contributed by atoms with Crippen LogP contribution in [0.1, 0.15) is 30.5 Å². The number of ether oxygens (including phenoxy) is 1. The van der Waals surface area contributed by atoms with Crippen molar-refractivity contribution in [2.45, 2.75) is 32.6 Å². The zero-order valence-electron chi connectivity index (χ0n) is 18.3. The monoisotopic (exact) mass is 468 g/mol. The van der Waals surface area contributed by atoms with Gasteiger partial charge >= 0.3 is 0 Å². The molecular formula is C23H22ClFN6O2. The van der Waals surface area contributed by atoms with E-state index in [1.54, 1.807) is 34.7 Å². The number of hydrogen-bond donors (Lipinski definition) is 2. The van der Waals surface area contributed by atoms with Gasteiger partial charge in [0.15, 0.2) is 16.7 Å². The van der Waals surface area contributed by atoms with Crippen LogP contribution in [0.2, 0.25) is 5.15 Å². The first kappa shape index (κ1) is 21.4. The quantitative estimate of drug-likeness (QED) is 0.439. The van der Waals surface area contributed by atoms with Crippen molar-refractivity contribution in [3.63, 3.8) is 0 Å². The number of nitrogens with zero attached hydrogens (tertiary/aromatic N) is 5. The van der Waals surface area contributed by atoms with Gasteiger partial charge < -0.3 is 15.6 Å². The molecule has 1 atom stereocenters. The molecule has 33 heavy (non-hydrogen) atoms. The Bertz CT molecular complexity index is 1390. The van der Waals surface area contributed by atoms with Crippen LogP contribution < -0.4 is 10.5 Å². The minimum atomic E-state index is -1.93. The van der Waals surface area contributed by atoms with Crippen molar-refractivity contribution >= 4 is 17.4 Å². The fraction of sp³-hybridized carbons (Fsp3) is 0.261. The number of nitrogen functional groups attached to an aromatic ring is 1. The van der Waals surface area contributed by atoms with Crippen molar-refractivity contribution in [1.29, 1.82) is 0 Å². The highest BCUT2D eigenvalue weighted by Crippen LogP contribution is 2.41. The van der Waals surface area contributed by atoms with Crippen LogP contribution in [-0.2, 0) is 25.8 Å². The Morgan fingerprint density at radius 2 is 2.09 bits per heavy atom. The molecule has 2 bridgehead atoms. The van der Waals surface area contributed by atoms with Crippen molar-refractivity contribution in [3.8, 4) is 28.3 Å².